The molecule has 0 radical (unpaired) electrons. The van der Waals surface area contributed by atoms with Crippen LogP contribution in [0.5, 0.6) is 28.7 Å². The highest BCUT2D eigenvalue weighted by atomic mass is 32.1. The van der Waals surface area contributed by atoms with Gasteiger partial charge in [-0.3, -0.25) is 23.5 Å². The first-order chi connectivity index (χ1) is 58.9. The second-order valence-corrected chi connectivity index (χ2v) is 34.7. The molecule has 10 aromatic rings. The Morgan fingerprint density at radius 2 is 0.248 bits per heavy atom. The van der Waals surface area contributed by atoms with E-state index in [9.17, 15) is 0 Å². The van der Waals surface area contributed by atoms with Gasteiger partial charge < -0.3 is 23.7 Å². The number of halogens is 5. The van der Waals surface area contributed by atoms with Crippen molar-refractivity contribution in [3.8, 4) is 28.7 Å². The summed E-state index contributed by atoms with van der Waals surface area (Å²) in [6, 6.07) is 84.9. The van der Waals surface area contributed by atoms with Crippen molar-refractivity contribution >= 4 is 63.1 Å². The highest BCUT2D eigenvalue weighted by Gasteiger charge is 2.07. The van der Waals surface area contributed by atoms with Crippen LogP contribution in [0.1, 0.15) is 283 Å². The third-order valence-corrected chi connectivity index (χ3v) is 23.1. The normalized spacial score (nSPS) is 10.3. The van der Waals surface area contributed by atoms with Crippen molar-refractivity contribution in [3.63, 3.8) is 0 Å². The lowest BCUT2D eigenvalue weighted by atomic mass is 10.0. The highest BCUT2D eigenvalue weighted by Crippen LogP contribution is 2.24. The van der Waals surface area contributed by atoms with E-state index in [1.807, 2.05) is 0 Å². The van der Waals surface area contributed by atoms with E-state index in [2.05, 4.69) is 340 Å². The minimum absolute atomic E-state index is 0. The quantitative estimate of drug-likeness (QED) is 0.0149. The Hall–Kier alpha value is -7.40. The molecule has 0 spiro atoms. The molecule has 5 nitrogen and oxygen atoms in total. The molecule has 10 aromatic carbocycles. The predicted molar refractivity (Wildman–Crippen MR) is 545 cm³/mol. The SMILES string of the molecule is CCCCCCCCOc1ccc(CCc2ccc(S)cc2)cc1.CCCCCCCCOc1ccc(CCc2ccc(S)cc2)cc1.CCCCCCCCOc1ccc(CCc2ccc(S)cc2)cc1.CCCCCCCCOc1ccc(CCc2ccc(S)cc2)cc1.CCCCCCCCOc1ccc(CCc2ccc(S)cc2)cc1.F.F.F.F.F. The van der Waals surface area contributed by atoms with Gasteiger partial charge in [-0.05, 0) is 273 Å². The predicted octanol–water partition coefficient (Wildman–Crippen LogP) is 33.3. The monoisotopic (exact) mass is 1810 g/mol. The van der Waals surface area contributed by atoms with Crippen molar-refractivity contribution in [2.45, 2.75) is 316 Å². The van der Waals surface area contributed by atoms with Gasteiger partial charge in [0.05, 0.1) is 33.0 Å². The number of benzene rings is 10. The van der Waals surface area contributed by atoms with Crippen LogP contribution in [0.25, 0.3) is 0 Å². The number of hydrogen-bond donors (Lipinski definition) is 5. The Kier molecular flexibility index (Phi) is 70.9. The largest absolute Gasteiger partial charge is 0.494 e. The number of rotatable bonds is 55. The van der Waals surface area contributed by atoms with E-state index >= 15 is 0 Å². The molecular weight excluding hydrogens is 1660 g/mol. The maximum atomic E-state index is 5.83. The summed E-state index contributed by atoms with van der Waals surface area (Å²) < 4.78 is 29.2. The third-order valence-electron chi connectivity index (χ3n) is 21.6. The summed E-state index contributed by atoms with van der Waals surface area (Å²) in [6.07, 6.45) is 49.7. The first kappa shape index (κ1) is 116. The van der Waals surface area contributed by atoms with Gasteiger partial charge in [0.1, 0.15) is 28.7 Å². The molecule has 15 heteroatoms. The van der Waals surface area contributed by atoms with Crippen LogP contribution in [0.15, 0.2) is 267 Å². The molecule has 10 rings (SSSR count). The number of thiol groups is 5. The smallest absolute Gasteiger partial charge is 0.119 e. The van der Waals surface area contributed by atoms with Crippen LogP contribution in [0.4, 0.5) is 23.5 Å². The van der Waals surface area contributed by atoms with Crippen molar-refractivity contribution < 1.29 is 47.2 Å². The molecule has 0 aliphatic heterocycles. The fraction of sp³-hybridized carbons (Fsp3) is 0.455. The molecule has 0 fully saturated rings. The van der Waals surface area contributed by atoms with Crippen molar-refractivity contribution in [1.82, 2.24) is 0 Å². The number of unbranched alkanes of at least 4 members (excludes halogenated alkanes) is 25. The van der Waals surface area contributed by atoms with Gasteiger partial charge in [0.25, 0.3) is 0 Å². The summed E-state index contributed by atoms with van der Waals surface area (Å²) in [4.78, 5) is 5.10. The molecule has 0 heterocycles. The summed E-state index contributed by atoms with van der Waals surface area (Å²) in [5.41, 5.74) is 13.6. The van der Waals surface area contributed by atoms with Crippen molar-refractivity contribution in [3.05, 3.63) is 298 Å². The fourth-order valence-electron chi connectivity index (χ4n) is 13.9. The minimum atomic E-state index is 0. The Bertz CT molecular complexity index is 3450. The zero-order chi connectivity index (χ0) is 85.2. The first-order valence-electron chi connectivity index (χ1n) is 46.4. The lowest BCUT2D eigenvalue weighted by Gasteiger charge is -2.08. The number of aryl methyl sites for hydroxylation is 10. The van der Waals surface area contributed by atoms with Crippen molar-refractivity contribution in [2.24, 2.45) is 0 Å². The van der Waals surface area contributed by atoms with E-state index in [1.165, 1.54) is 216 Å². The van der Waals surface area contributed by atoms with E-state index in [-0.39, 0.29) is 23.5 Å². The lowest BCUT2D eigenvalue weighted by Crippen LogP contribution is -1.98. The molecule has 690 valence electrons. The lowest BCUT2D eigenvalue weighted by molar-refractivity contribution is 0.304. The molecule has 125 heavy (non-hydrogen) atoms. The van der Waals surface area contributed by atoms with Gasteiger partial charge in [-0.25, -0.2) is 0 Å². The summed E-state index contributed by atoms with van der Waals surface area (Å²) in [7, 11) is 0. The second-order valence-electron chi connectivity index (χ2n) is 32.1. The fourth-order valence-corrected chi connectivity index (χ4v) is 14.6. The molecule has 0 N–H and O–H groups in total. The second kappa shape index (κ2) is 76.6. The summed E-state index contributed by atoms with van der Waals surface area (Å²) >= 11 is 21.6. The van der Waals surface area contributed by atoms with Crippen LogP contribution < -0.4 is 23.7 Å². The van der Waals surface area contributed by atoms with Crippen LogP contribution in [0.2, 0.25) is 0 Å². The zero-order valence-electron chi connectivity index (χ0n) is 76.2. The molecule has 0 amide bonds. The topological polar surface area (TPSA) is 46.2 Å². The average molecular weight is 1810 g/mol. The van der Waals surface area contributed by atoms with Crippen molar-refractivity contribution in [2.75, 3.05) is 33.0 Å². The molecule has 0 bridgehead atoms. The van der Waals surface area contributed by atoms with Crippen LogP contribution in [-0.4, -0.2) is 33.0 Å². The summed E-state index contributed by atoms with van der Waals surface area (Å²) in [5.74, 6) is 4.96. The summed E-state index contributed by atoms with van der Waals surface area (Å²) in [6.45, 7) is 15.4. The molecule has 0 saturated carbocycles. The van der Waals surface area contributed by atoms with E-state index in [0.717, 1.165) is 183 Å². The van der Waals surface area contributed by atoms with E-state index < -0.39 is 0 Å². The van der Waals surface area contributed by atoms with Gasteiger partial charge in [-0.1, -0.05) is 316 Å². The Labute approximate surface area is 780 Å². The molecule has 0 aliphatic carbocycles. The molecular formula is C110H155F5O5S5. The third kappa shape index (κ3) is 57.9. The van der Waals surface area contributed by atoms with Gasteiger partial charge in [-0.2, -0.15) is 0 Å². The molecule has 0 aliphatic rings. The van der Waals surface area contributed by atoms with Crippen LogP contribution in [-0.2, 0) is 64.2 Å². The molecule has 0 atom stereocenters. The Balaban J connectivity index is 0.000000774. The Morgan fingerprint density at radius 3 is 0.368 bits per heavy atom. The van der Waals surface area contributed by atoms with E-state index in [4.69, 9.17) is 23.7 Å². The molecule has 0 saturated heterocycles. The first-order valence-corrected chi connectivity index (χ1v) is 48.6. The molecule has 0 unspecified atom stereocenters. The van der Waals surface area contributed by atoms with Gasteiger partial charge in [0, 0.05) is 24.5 Å². The highest BCUT2D eigenvalue weighted by molar-refractivity contribution is 7.81. The maximum Gasteiger partial charge on any atom is 0.119 e. The van der Waals surface area contributed by atoms with Crippen LogP contribution in [0.3, 0.4) is 0 Å². The van der Waals surface area contributed by atoms with E-state index in [0.29, 0.717) is 0 Å². The number of hydrogen-bond acceptors (Lipinski definition) is 10. The van der Waals surface area contributed by atoms with Crippen molar-refractivity contribution in [1.29, 1.82) is 0 Å². The van der Waals surface area contributed by atoms with Gasteiger partial charge in [0.15, 0.2) is 0 Å². The standard InChI is InChI=1S/5C22H30OS.5FH/c5*1-2-3-4-5-6-7-18-23-21-14-10-19(11-15-21)8-9-20-12-16-22(24)17-13-20;;;;;/h5*10-17,24H,2-9,18H2,1H3;5*1H. The minimum Gasteiger partial charge on any atom is -0.494 e. The summed E-state index contributed by atoms with van der Waals surface area (Å²) in [5, 5.41) is 0. The van der Waals surface area contributed by atoms with Gasteiger partial charge >= 0.3 is 0 Å². The molecule has 0 aromatic heterocycles. The van der Waals surface area contributed by atoms with Crippen LogP contribution >= 0.6 is 63.1 Å². The van der Waals surface area contributed by atoms with Gasteiger partial charge in [0.2, 0.25) is 0 Å². The number of ether oxygens (including phenoxy) is 5. The van der Waals surface area contributed by atoms with Crippen LogP contribution in [0, 0.1) is 0 Å². The maximum absolute atomic E-state index is 5.83. The zero-order valence-corrected chi connectivity index (χ0v) is 80.7. The van der Waals surface area contributed by atoms with Gasteiger partial charge in [-0.15, -0.1) is 63.1 Å². The average Bonchev–Trinajstić information content (AvgIpc) is 0.918. The van der Waals surface area contributed by atoms with E-state index in [1.54, 1.807) is 0 Å². The Morgan fingerprint density at radius 1 is 0.144 bits per heavy atom.